The van der Waals surface area contributed by atoms with Gasteiger partial charge in [0.15, 0.2) is 0 Å². The van der Waals surface area contributed by atoms with E-state index in [1.165, 1.54) is 37.7 Å². The molecule has 0 aliphatic heterocycles. The molecular formula is C18H21BrO2. The topological polar surface area (TPSA) is 29.5 Å². The van der Waals surface area contributed by atoms with Crippen LogP contribution >= 0.6 is 15.9 Å². The van der Waals surface area contributed by atoms with E-state index < -0.39 is 0 Å². The molecule has 4 fully saturated rings. The first-order valence-electron chi connectivity index (χ1n) is 7.92. The second-order valence-corrected chi connectivity index (χ2v) is 7.81. The number of phenols is 1. The van der Waals surface area contributed by atoms with Crippen molar-refractivity contribution < 1.29 is 9.84 Å². The van der Waals surface area contributed by atoms with E-state index in [0.717, 1.165) is 27.6 Å². The van der Waals surface area contributed by atoms with Crippen molar-refractivity contribution in [3.05, 3.63) is 33.8 Å². The zero-order valence-electron chi connectivity index (χ0n) is 12.3. The Balaban J connectivity index is 1.83. The SMILES string of the molecule is COC(=C1C2CC3CC(C2)CC1C3)c1cc(O)ccc1Br. The lowest BCUT2D eigenvalue weighted by molar-refractivity contribution is 0.0675. The van der Waals surface area contributed by atoms with Crippen LogP contribution in [0.15, 0.2) is 28.2 Å². The maximum atomic E-state index is 9.83. The number of aromatic hydroxyl groups is 1. The summed E-state index contributed by atoms with van der Waals surface area (Å²) in [5.41, 5.74) is 2.52. The zero-order chi connectivity index (χ0) is 14.6. The van der Waals surface area contributed by atoms with Gasteiger partial charge in [0.05, 0.1) is 7.11 Å². The third-order valence-electron chi connectivity index (χ3n) is 5.68. The standard InChI is InChI=1S/C18H21BrO2/c1-21-18(15-9-14(20)2-3-16(15)19)17-12-5-10-4-11(7-12)8-13(17)6-10/h2-3,9-13,20H,4-8H2,1H3. The van der Waals surface area contributed by atoms with Crippen molar-refractivity contribution in [2.45, 2.75) is 32.1 Å². The van der Waals surface area contributed by atoms with Crippen molar-refractivity contribution in [2.24, 2.45) is 23.7 Å². The molecule has 3 heteroatoms. The molecular weight excluding hydrogens is 328 g/mol. The van der Waals surface area contributed by atoms with Crippen molar-refractivity contribution >= 4 is 21.7 Å². The molecule has 4 aliphatic carbocycles. The lowest BCUT2D eigenvalue weighted by Crippen LogP contribution is -2.40. The van der Waals surface area contributed by atoms with Crippen LogP contribution in [-0.4, -0.2) is 12.2 Å². The number of phenolic OH excluding ortho intramolecular Hbond substituents is 1. The Morgan fingerprint density at radius 1 is 1.10 bits per heavy atom. The minimum Gasteiger partial charge on any atom is -0.508 e. The first-order valence-corrected chi connectivity index (χ1v) is 8.72. The van der Waals surface area contributed by atoms with Gasteiger partial charge in [0.1, 0.15) is 11.5 Å². The molecule has 4 bridgehead atoms. The van der Waals surface area contributed by atoms with Crippen molar-refractivity contribution in [1.82, 2.24) is 0 Å². The van der Waals surface area contributed by atoms with Crippen LogP contribution in [-0.2, 0) is 4.74 Å². The molecule has 0 unspecified atom stereocenters. The third-order valence-corrected chi connectivity index (χ3v) is 6.37. The summed E-state index contributed by atoms with van der Waals surface area (Å²) in [5, 5.41) is 9.83. The van der Waals surface area contributed by atoms with Crippen LogP contribution in [0.5, 0.6) is 5.75 Å². The second-order valence-electron chi connectivity index (χ2n) is 6.96. The fraction of sp³-hybridized carbons (Fsp3) is 0.556. The molecule has 0 heterocycles. The van der Waals surface area contributed by atoms with Gasteiger partial charge < -0.3 is 9.84 Å². The van der Waals surface area contributed by atoms with Gasteiger partial charge in [-0.1, -0.05) is 15.9 Å². The quantitative estimate of drug-likeness (QED) is 0.764. The van der Waals surface area contributed by atoms with Crippen molar-refractivity contribution in [2.75, 3.05) is 7.11 Å². The lowest BCUT2D eigenvalue weighted by atomic mass is 9.54. The van der Waals surface area contributed by atoms with Gasteiger partial charge in [-0.05, 0) is 79.5 Å². The zero-order valence-corrected chi connectivity index (χ0v) is 13.9. The molecule has 1 N–H and O–H groups in total. The highest BCUT2D eigenvalue weighted by Crippen LogP contribution is 2.58. The van der Waals surface area contributed by atoms with Crippen LogP contribution in [0.25, 0.3) is 5.76 Å². The predicted octanol–water partition coefficient (Wildman–Crippen LogP) is 4.97. The minimum absolute atomic E-state index is 0.298. The van der Waals surface area contributed by atoms with Gasteiger partial charge in [-0.3, -0.25) is 0 Å². The number of ether oxygens (including phenoxy) is 1. The fourth-order valence-corrected chi connectivity index (χ4v) is 5.56. The monoisotopic (exact) mass is 348 g/mol. The molecule has 0 saturated heterocycles. The van der Waals surface area contributed by atoms with Crippen LogP contribution in [0, 0.1) is 23.7 Å². The predicted molar refractivity (Wildman–Crippen MR) is 86.8 cm³/mol. The van der Waals surface area contributed by atoms with Gasteiger partial charge in [-0.15, -0.1) is 0 Å². The number of methoxy groups -OCH3 is 1. The third kappa shape index (κ3) is 2.21. The van der Waals surface area contributed by atoms with Gasteiger partial charge >= 0.3 is 0 Å². The Bertz CT molecular complexity index is 575. The van der Waals surface area contributed by atoms with E-state index in [4.69, 9.17) is 4.74 Å². The summed E-state index contributed by atoms with van der Waals surface area (Å²) in [6.07, 6.45) is 6.81. The number of halogens is 1. The van der Waals surface area contributed by atoms with E-state index in [9.17, 15) is 5.11 Å². The van der Waals surface area contributed by atoms with E-state index in [1.807, 2.05) is 12.1 Å². The first kappa shape index (κ1) is 13.7. The molecule has 2 nitrogen and oxygen atoms in total. The van der Waals surface area contributed by atoms with E-state index in [1.54, 1.807) is 13.2 Å². The summed E-state index contributed by atoms with van der Waals surface area (Å²) in [7, 11) is 1.77. The van der Waals surface area contributed by atoms with E-state index >= 15 is 0 Å². The average molecular weight is 349 g/mol. The molecule has 0 radical (unpaired) electrons. The summed E-state index contributed by atoms with van der Waals surface area (Å²) in [5.74, 6) is 4.60. The van der Waals surface area contributed by atoms with Crippen molar-refractivity contribution in [1.29, 1.82) is 0 Å². The summed E-state index contributed by atoms with van der Waals surface area (Å²) in [4.78, 5) is 0. The summed E-state index contributed by atoms with van der Waals surface area (Å²) >= 11 is 3.61. The van der Waals surface area contributed by atoms with Crippen LogP contribution in [0.1, 0.15) is 37.7 Å². The Morgan fingerprint density at radius 2 is 1.71 bits per heavy atom. The fourth-order valence-electron chi connectivity index (χ4n) is 5.13. The number of benzene rings is 1. The highest BCUT2D eigenvalue weighted by molar-refractivity contribution is 9.10. The van der Waals surface area contributed by atoms with Crippen LogP contribution < -0.4 is 0 Å². The van der Waals surface area contributed by atoms with Gasteiger partial charge in [-0.2, -0.15) is 0 Å². The van der Waals surface area contributed by atoms with Gasteiger partial charge in [-0.25, -0.2) is 0 Å². The normalized spacial score (nSPS) is 33.3. The molecule has 1 aromatic carbocycles. The molecule has 1 aromatic rings. The Labute approximate surface area is 134 Å². The molecule has 4 saturated carbocycles. The Kier molecular flexibility index (Phi) is 3.29. The second kappa shape index (κ2) is 5.05. The lowest BCUT2D eigenvalue weighted by Gasteiger charge is -2.51. The van der Waals surface area contributed by atoms with Gasteiger partial charge in [0, 0.05) is 10.0 Å². The molecule has 0 spiro atoms. The minimum atomic E-state index is 0.298. The smallest absolute Gasteiger partial charge is 0.127 e. The molecule has 0 atom stereocenters. The van der Waals surface area contributed by atoms with E-state index in [2.05, 4.69) is 15.9 Å². The highest BCUT2D eigenvalue weighted by Gasteiger charge is 2.46. The molecule has 4 aliphatic rings. The molecule has 21 heavy (non-hydrogen) atoms. The largest absolute Gasteiger partial charge is 0.508 e. The van der Waals surface area contributed by atoms with Crippen LogP contribution in [0.3, 0.4) is 0 Å². The summed E-state index contributed by atoms with van der Waals surface area (Å²) in [6.45, 7) is 0. The number of rotatable bonds is 2. The number of hydrogen-bond acceptors (Lipinski definition) is 2. The number of allylic oxidation sites excluding steroid dienone is 1. The molecule has 5 rings (SSSR count). The maximum absolute atomic E-state index is 9.83. The molecule has 0 amide bonds. The van der Waals surface area contributed by atoms with Crippen molar-refractivity contribution in [3.63, 3.8) is 0 Å². The number of hydrogen-bond donors (Lipinski definition) is 1. The first-order chi connectivity index (χ1) is 10.2. The highest BCUT2D eigenvalue weighted by atomic mass is 79.9. The van der Waals surface area contributed by atoms with Crippen LogP contribution in [0.2, 0.25) is 0 Å². The Hall–Kier alpha value is -0.960. The maximum Gasteiger partial charge on any atom is 0.127 e. The summed E-state index contributed by atoms with van der Waals surface area (Å²) in [6, 6.07) is 5.43. The average Bonchev–Trinajstić information content (AvgIpc) is 2.45. The van der Waals surface area contributed by atoms with E-state index in [0.29, 0.717) is 17.6 Å². The molecule has 112 valence electrons. The van der Waals surface area contributed by atoms with Gasteiger partial charge in [0.25, 0.3) is 0 Å². The van der Waals surface area contributed by atoms with Crippen LogP contribution in [0.4, 0.5) is 0 Å². The van der Waals surface area contributed by atoms with Crippen molar-refractivity contribution in [3.8, 4) is 5.75 Å². The summed E-state index contributed by atoms with van der Waals surface area (Å²) < 4.78 is 6.84. The Morgan fingerprint density at radius 3 is 2.29 bits per heavy atom. The molecule has 0 aromatic heterocycles. The van der Waals surface area contributed by atoms with E-state index in [-0.39, 0.29) is 0 Å². The van der Waals surface area contributed by atoms with Gasteiger partial charge in [0.2, 0.25) is 0 Å².